The maximum absolute atomic E-state index is 13.6. The van der Waals surface area contributed by atoms with Crippen LogP contribution in [0.2, 0.25) is 0 Å². The summed E-state index contributed by atoms with van der Waals surface area (Å²) < 4.78 is 31.5. The zero-order valence-electron chi connectivity index (χ0n) is 10.1. The zero-order chi connectivity index (χ0) is 13.8. The molecule has 0 aromatic heterocycles. The first-order valence-electron chi connectivity index (χ1n) is 5.24. The largest absolute Gasteiger partial charge is 0.462 e. The number of carbonyl (C=O) groups is 1. The fraction of sp³-hybridized carbons (Fsp3) is 0.333. The van der Waals surface area contributed by atoms with Crippen molar-refractivity contribution >= 4 is 18.4 Å². The minimum absolute atomic E-state index is 0. The number of carbonyl (C=O) groups excluding carboxylic acids is 1. The molecule has 1 atom stereocenters. The molecule has 0 bridgehead atoms. The molecule has 0 radical (unpaired) electrons. The van der Waals surface area contributed by atoms with Crippen LogP contribution in [0.3, 0.4) is 0 Å². The van der Waals surface area contributed by atoms with Crippen molar-refractivity contribution in [3.05, 3.63) is 35.4 Å². The van der Waals surface area contributed by atoms with E-state index in [2.05, 4.69) is 4.74 Å². The minimum atomic E-state index is -3.80. The van der Waals surface area contributed by atoms with E-state index < -0.39 is 17.9 Å². The summed E-state index contributed by atoms with van der Waals surface area (Å²) >= 11 is 0. The van der Waals surface area contributed by atoms with Gasteiger partial charge in [-0.05, 0) is 24.6 Å². The van der Waals surface area contributed by atoms with Gasteiger partial charge in [0.1, 0.15) is 6.04 Å². The number of alkyl halides is 2. The maximum atomic E-state index is 13.6. The molecule has 0 heterocycles. The second kappa shape index (κ2) is 7.02. The summed E-state index contributed by atoms with van der Waals surface area (Å²) in [6.07, 6.45) is 0. The summed E-state index contributed by atoms with van der Waals surface area (Å²) in [5.74, 6) is -5.45. The average Bonchev–Trinajstić information content (AvgIpc) is 2.38. The fourth-order valence-corrected chi connectivity index (χ4v) is 1.33. The number of ether oxygens (including phenoxy) is 1. The van der Waals surface area contributed by atoms with Crippen LogP contribution >= 0.6 is 12.4 Å². The molecular formula is C12H13ClF2N2O2. The Bertz CT molecular complexity index is 472. The van der Waals surface area contributed by atoms with Crippen molar-refractivity contribution in [2.24, 2.45) is 5.73 Å². The van der Waals surface area contributed by atoms with Gasteiger partial charge >= 0.3 is 11.9 Å². The van der Waals surface area contributed by atoms with Crippen LogP contribution in [0.5, 0.6) is 0 Å². The molecule has 0 unspecified atom stereocenters. The lowest BCUT2D eigenvalue weighted by Gasteiger charge is -2.21. The lowest BCUT2D eigenvalue weighted by molar-refractivity contribution is -0.174. The van der Waals surface area contributed by atoms with Crippen LogP contribution in [0.4, 0.5) is 8.78 Å². The molecule has 104 valence electrons. The highest BCUT2D eigenvalue weighted by molar-refractivity contribution is 5.85. The zero-order valence-corrected chi connectivity index (χ0v) is 10.9. The molecule has 1 aromatic carbocycles. The monoisotopic (exact) mass is 290 g/mol. The van der Waals surface area contributed by atoms with Crippen molar-refractivity contribution in [3.63, 3.8) is 0 Å². The highest BCUT2D eigenvalue weighted by Crippen LogP contribution is 2.30. The van der Waals surface area contributed by atoms with Crippen LogP contribution in [0.25, 0.3) is 0 Å². The Balaban J connectivity index is 0.00000324. The van der Waals surface area contributed by atoms with E-state index in [9.17, 15) is 13.6 Å². The molecule has 19 heavy (non-hydrogen) atoms. The van der Waals surface area contributed by atoms with Crippen LogP contribution in [0.1, 0.15) is 24.1 Å². The molecule has 4 nitrogen and oxygen atoms in total. The molecule has 7 heteroatoms. The van der Waals surface area contributed by atoms with E-state index >= 15 is 0 Å². The van der Waals surface area contributed by atoms with Gasteiger partial charge in [0, 0.05) is 0 Å². The van der Waals surface area contributed by atoms with Crippen LogP contribution < -0.4 is 5.73 Å². The molecule has 0 amide bonds. The summed E-state index contributed by atoms with van der Waals surface area (Å²) in [5, 5.41) is 8.58. The summed E-state index contributed by atoms with van der Waals surface area (Å²) in [7, 11) is 0. The Kier molecular flexibility index (Phi) is 6.39. The van der Waals surface area contributed by atoms with Crippen molar-refractivity contribution in [1.82, 2.24) is 0 Å². The lowest BCUT2D eigenvalue weighted by atomic mass is 10.0. The number of nitrogens with zero attached hydrogens (tertiary/aromatic N) is 1. The standard InChI is InChI=1S/C12H12F2N2O2.ClH/c1-2-18-11(17)12(13,14)10(16)9-5-3-8(7-15)4-6-9;/h3-6,10H,2,16H2,1H3;1H/t10-;/m0./s1. The predicted octanol–water partition coefficient (Wildman–Crippen LogP) is 2.18. The number of nitriles is 1. The van der Waals surface area contributed by atoms with Gasteiger partial charge in [0.2, 0.25) is 0 Å². The van der Waals surface area contributed by atoms with Gasteiger partial charge < -0.3 is 10.5 Å². The van der Waals surface area contributed by atoms with Crippen LogP contribution in [0.15, 0.2) is 24.3 Å². The molecule has 0 fully saturated rings. The summed E-state index contributed by atoms with van der Waals surface area (Å²) in [5.41, 5.74) is 5.75. The molecule has 2 N–H and O–H groups in total. The highest BCUT2D eigenvalue weighted by Gasteiger charge is 2.47. The van der Waals surface area contributed by atoms with E-state index in [-0.39, 0.29) is 24.6 Å². The molecule has 0 aliphatic heterocycles. The van der Waals surface area contributed by atoms with Crippen molar-refractivity contribution < 1.29 is 18.3 Å². The molecule has 0 saturated carbocycles. The van der Waals surface area contributed by atoms with Crippen molar-refractivity contribution in [2.45, 2.75) is 18.9 Å². The smallest absolute Gasteiger partial charge is 0.379 e. The van der Waals surface area contributed by atoms with Gasteiger partial charge in [0.25, 0.3) is 0 Å². The van der Waals surface area contributed by atoms with Crippen molar-refractivity contribution in [1.29, 1.82) is 5.26 Å². The first-order chi connectivity index (χ1) is 8.43. The third-order valence-electron chi connectivity index (χ3n) is 2.34. The van der Waals surface area contributed by atoms with Gasteiger partial charge in [-0.1, -0.05) is 12.1 Å². The van der Waals surface area contributed by atoms with E-state index in [1.54, 1.807) is 0 Å². The van der Waals surface area contributed by atoms with E-state index in [0.717, 1.165) is 0 Å². The van der Waals surface area contributed by atoms with Crippen molar-refractivity contribution in [3.8, 4) is 6.07 Å². The van der Waals surface area contributed by atoms with Gasteiger partial charge in [0.15, 0.2) is 0 Å². The summed E-state index contributed by atoms with van der Waals surface area (Å²) in [6, 6.07) is 5.34. The molecule has 0 saturated heterocycles. The van der Waals surface area contributed by atoms with Gasteiger partial charge in [-0.3, -0.25) is 0 Å². The Hall–Kier alpha value is -1.71. The van der Waals surface area contributed by atoms with Crippen LogP contribution in [-0.4, -0.2) is 18.5 Å². The predicted molar refractivity (Wildman–Crippen MR) is 66.9 cm³/mol. The topological polar surface area (TPSA) is 76.1 Å². The number of benzene rings is 1. The summed E-state index contributed by atoms with van der Waals surface area (Å²) in [4.78, 5) is 11.1. The quantitative estimate of drug-likeness (QED) is 0.862. The molecule has 1 rings (SSSR count). The number of rotatable bonds is 4. The third-order valence-corrected chi connectivity index (χ3v) is 2.34. The molecule has 1 aromatic rings. The van der Waals surface area contributed by atoms with Crippen LogP contribution in [-0.2, 0) is 9.53 Å². The number of esters is 1. The number of halogens is 3. The minimum Gasteiger partial charge on any atom is -0.462 e. The Morgan fingerprint density at radius 1 is 1.47 bits per heavy atom. The van der Waals surface area contributed by atoms with Gasteiger partial charge in [-0.2, -0.15) is 14.0 Å². The normalized spacial score (nSPS) is 11.9. The van der Waals surface area contributed by atoms with Gasteiger partial charge in [-0.25, -0.2) is 4.79 Å². The third kappa shape index (κ3) is 3.88. The van der Waals surface area contributed by atoms with Crippen LogP contribution in [0, 0.1) is 11.3 Å². The lowest BCUT2D eigenvalue weighted by Crippen LogP contribution is -2.41. The average molecular weight is 291 g/mol. The molecule has 0 aliphatic carbocycles. The van der Waals surface area contributed by atoms with E-state index in [1.165, 1.54) is 31.2 Å². The van der Waals surface area contributed by atoms with Gasteiger partial charge in [0.05, 0.1) is 18.2 Å². The first kappa shape index (κ1) is 17.3. The van der Waals surface area contributed by atoms with E-state index in [4.69, 9.17) is 11.0 Å². The number of nitrogens with two attached hydrogens (primary N) is 1. The Morgan fingerprint density at radius 3 is 2.42 bits per heavy atom. The first-order valence-corrected chi connectivity index (χ1v) is 5.24. The number of hydrogen-bond donors (Lipinski definition) is 1. The second-order valence-corrected chi connectivity index (χ2v) is 3.55. The van der Waals surface area contributed by atoms with Gasteiger partial charge in [-0.15, -0.1) is 12.4 Å². The Labute approximate surface area is 115 Å². The summed E-state index contributed by atoms with van der Waals surface area (Å²) in [6.45, 7) is 1.29. The highest BCUT2D eigenvalue weighted by atomic mass is 35.5. The second-order valence-electron chi connectivity index (χ2n) is 3.55. The maximum Gasteiger partial charge on any atom is 0.379 e. The fourth-order valence-electron chi connectivity index (χ4n) is 1.33. The Morgan fingerprint density at radius 2 is 2.00 bits per heavy atom. The SMILES string of the molecule is CCOC(=O)C(F)(F)[C@@H](N)c1ccc(C#N)cc1.Cl. The molecule has 0 spiro atoms. The number of hydrogen-bond acceptors (Lipinski definition) is 4. The molecule has 0 aliphatic rings. The van der Waals surface area contributed by atoms with Crippen molar-refractivity contribution in [2.75, 3.05) is 6.61 Å². The molecular weight excluding hydrogens is 278 g/mol. The van der Waals surface area contributed by atoms with E-state index in [0.29, 0.717) is 5.56 Å². The van der Waals surface area contributed by atoms with E-state index in [1.807, 2.05) is 6.07 Å².